The van der Waals surface area contributed by atoms with E-state index < -0.39 is 0 Å². The average Bonchev–Trinajstić information content (AvgIpc) is 3.10. The van der Waals surface area contributed by atoms with E-state index in [1.165, 1.54) is 5.56 Å². The SMILES string of the molecule is CCNC(=NCCCc1ccc(OC)c(OC)c1)NCCc1csc(C)n1.I. The fourth-order valence-electron chi connectivity index (χ4n) is 2.68. The van der Waals surface area contributed by atoms with Crippen molar-refractivity contribution in [2.45, 2.75) is 33.1 Å². The number of hydrogen-bond donors (Lipinski definition) is 2. The zero-order chi connectivity index (χ0) is 19.5. The normalized spacial score (nSPS) is 10.9. The summed E-state index contributed by atoms with van der Waals surface area (Å²) in [7, 11) is 3.31. The van der Waals surface area contributed by atoms with Gasteiger partial charge in [-0.15, -0.1) is 35.3 Å². The highest BCUT2D eigenvalue weighted by atomic mass is 127. The van der Waals surface area contributed by atoms with Crippen LogP contribution >= 0.6 is 35.3 Å². The molecule has 0 saturated heterocycles. The van der Waals surface area contributed by atoms with Gasteiger partial charge in [0.1, 0.15) is 0 Å². The van der Waals surface area contributed by atoms with E-state index in [2.05, 4.69) is 39.0 Å². The largest absolute Gasteiger partial charge is 0.493 e. The van der Waals surface area contributed by atoms with E-state index in [-0.39, 0.29) is 24.0 Å². The minimum Gasteiger partial charge on any atom is -0.493 e. The number of halogens is 1. The Kier molecular flexibility index (Phi) is 11.9. The second-order valence-electron chi connectivity index (χ2n) is 6.09. The van der Waals surface area contributed by atoms with Gasteiger partial charge >= 0.3 is 0 Å². The molecule has 2 N–H and O–H groups in total. The Morgan fingerprint density at radius 2 is 1.93 bits per heavy atom. The van der Waals surface area contributed by atoms with Crippen LogP contribution in [0.2, 0.25) is 0 Å². The fourth-order valence-corrected chi connectivity index (χ4v) is 3.33. The first-order chi connectivity index (χ1) is 13.2. The molecule has 0 unspecified atom stereocenters. The first-order valence-corrected chi connectivity index (χ1v) is 10.2. The Bertz CT molecular complexity index is 737. The van der Waals surface area contributed by atoms with Crippen LogP contribution in [0.1, 0.15) is 29.6 Å². The van der Waals surface area contributed by atoms with Gasteiger partial charge in [-0.1, -0.05) is 6.07 Å². The van der Waals surface area contributed by atoms with Gasteiger partial charge in [-0.25, -0.2) is 4.98 Å². The van der Waals surface area contributed by atoms with E-state index in [0.717, 1.165) is 67.1 Å². The molecule has 0 aliphatic heterocycles. The molecule has 2 rings (SSSR count). The molecule has 2 aromatic rings. The maximum Gasteiger partial charge on any atom is 0.191 e. The van der Waals surface area contributed by atoms with Crippen LogP contribution < -0.4 is 20.1 Å². The summed E-state index contributed by atoms with van der Waals surface area (Å²) >= 11 is 1.69. The Morgan fingerprint density at radius 3 is 2.57 bits per heavy atom. The number of guanidine groups is 1. The smallest absolute Gasteiger partial charge is 0.191 e. The molecule has 0 aliphatic carbocycles. The molecule has 0 amide bonds. The predicted octanol–water partition coefficient (Wildman–Crippen LogP) is 3.82. The summed E-state index contributed by atoms with van der Waals surface area (Å²) < 4.78 is 10.6. The molecule has 0 bridgehead atoms. The van der Waals surface area contributed by atoms with E-state index >= 15 is 0 Å². The van der Waals surface area contributed by atoms with Gasteiger partial charge in [0.05, 0.1) is 24.9 Å². The maximum atomic E-state index is 5.36. The van der Waals surface area contributed by atoms with Gasteiger partial charge in [0.25, 0.3) is 0 Å². The van der Waals surface area contributed by atoms with Crippen molar-refractivity contribution in [3.05, 3.63) is 39.8 Å². The first-order valence-electron chi connectivity index (χ1n) is 9.30. The summed E-state index contributed by atoms with van der Waals surface area (Å²) in [5.41, 5.74) is 2.36. The van der Waals surface area contributed by atoms with Gasteiger partial charge in [0.15, 0.2) is 17.5 Å². The monoisotopic (exact) mass is 518 g/mol. The van der Waals surface area contributed by atoms with E-state index in [4.69, 9.17) is 9.47 Å². The van der Waals surface area contributed by atoms with Crippen LogP contribution in [0.4, 0.5) is 0 Å². The van der Waals surface area contributed by atoms with Crippen LogP contribution in [0.25, 0.3) is 0 Å². The van der Waals surface area contributed by atoms with Crippen LogP contribution in [0, 0.1) is 6.92 Å². The number of aromatic nitrogens is 1. The Balaban J connectivity index is 0.00000392. The van der Waals surface area contributed by atoms with Gasteiger partial charge in [0.2, 0.25) is 0 Å². The lowest BCUT2D eigenvalue weighted by molar-refractivity contribution is 0.354. The molecule has 0 atom stereocenters. The third-order valence-corrected chi connectivity index (χ3v) is 4.85. The van der Waals surface area contributed by atoms with Gasteiger partial charge < -0.3 is 20.1 Å². The molecule has 0 saturated carbocycles. The minimum absolute atomic E-state index is 0. The van der Waals surface area contributed by atoms with Gasteiger partial charge in [-0.05, 0) is 44.4 Å². The zero-order valence-electron chi connectivity index (χ0n) is 17.1. The summed E-state index contributed by atoms with van der Waals surface area (Å²) in [4.78, 5) is 9.15. The second kappa shape index (κ2) is 13.6. The van der Waals surface area contributed by atoms with Crippen molar-refractivity contribution in [2.75, 3.05) is 33.9 Å². The lowest BCUT2D eigenvalue weighted by atomic mass is 10.1. The number of ether oxygens (including phenoxy) is 2. The maximum absolute atomic E-state index is 5.36. The summed E-state index contributed by atoms with van der Waals surface area (Å²) in [5, 5.41) is 9.90. The predicted molar refractivity (Wildman–Crippen MR) is 128 cm³/mol. The average molecular weight is 518 g/mol. The molecule has 0 aliphatic rings. The van der Waals surface area contributed by atoms with Crippen molar-refractivity contribution in [3.63, 3.8) is 0 Å². The summed E-state index contributed by atoms with van der Waals surface area (Å²) in [6.45, 7) is 6.54. The molecule has 1 aromatic carbocycles. The Morgan fingerprint density at radius 1 is 1.14 bits per heavy atom. The number of benzene rings is 1. The van der Waals surface area contributed by atoms with Crippen LogP contribution in [0.5, 0.6) is 11.5 Å². The van der Waals surface area contributed by atoms with E-state index in [0.29, 0.717) is 0 Å². The van der Waals surface area contributed by atoms with Crippen LogP contribution in [0.3, 0.4) is 0 Å². The number of nitrogens with zero attached hydrogens (tertiary/aromatic N) is 2. The third kappa shape index (κ3) is 8.22. The zero-order valence-corrected chi connectivity index (χ0v) is 20.2. The molecule has 1 aromatic heterocycles. The molecule has 28 heavy (non-hydrogen) atoms. The van der Waals surface area contributed by atoms with Crippen molar-refractivity contribution < 1.29 is 9.47 Å². The number of aryl methyl sites for hydroxylation is 2. The first kappa shape index (κ1) is 24.5. The van der Waals surface area contributed by atoms with Crippen LogP contribution in [-0.4, -0.2) is 44.8 Å². The summed E-state index contributed by atoms with van der Waals surface area (Å²) in [6, 6.07) is 6.05. The lowest BCUT2D eigenvalue weighted by Crippen LogP contribution is -2.38. The van der Waals surface area contributed by atoms with Crippen LogP contribution in [0.15, 0.2) is 28.6 Å². The van der Waals surface area contributed by atoms with Crippen molar-refractivity contribution in [3.8, 4) is 11.5 Å². The van der Waals surface area contributed by atoms with Crippen LogP contribution in [-0.2, 0) is 12.8 Å². The summed E-state index contributed by atoms with van der Waals surface area (Å²) in [6.07, 6.45) is 2.82. The standard InChI is InChI=1S/C20H30N4O2S.HI/c1-5-21-20(23-12-10-17-14-27-15(2)24-17)22-11-6-7-16-8-9-18(25-3)19(13-16)26-4;/h8-9,13-14H,5-7,10-12H2,1-4H3,(H2,21,22,23);1H. The molecule has 1 heterocycles. The van der Waals surface area contributed by atoms with E-state index in [1.54, 1.807) is 25.6 Å². The van der Waals surface area contributed by atoms with Crippen molar-refractivity contribution in [2.24, 2.45) is 4.99 Å². The molecule has 0 spiro atoms. The van der Waals surface area contributed by atoms with Crippen molar-refractivity contribution in [1.29, 1.82) is 0 Å². The Hall–Kier alpha value is -1.55. The molecule has 156 valence electrons. The third-order valence-electron chi connectivity index (χ3n) is 4.03. The highest BCUT2D eigenvalue weighted by molar-refractivity contribution is 14.0. The van der Waals surface area contributed by atoms with Crippen molar-refractivity contribution in [1.82, 2.24) is 15.6 Å². The highest BCUT2D eigenvalue weighted by Gasteiger charge is 2.05. The minimum atomic E-state index is 0. The number of thiazole rings is 1. The topological polar surface area (TPSA) is 67.8 Å². The molecule has 0 fully saturated rings. The number of rotatable bonds is 10. The molecule has 6 nitrogen and oxygen atoms in total. The second-order valence-corrected chi connectivity index (χ2v) is 7.15. The highest BCUT2D eigenvalue weighted by Crippen LogP contribution is 2.27. The summed E-state index contributed by atoms with van der Waals surface area (Å²) in [5.74, 6) is 2.38. The number of hydrogen-bond acceptors (Lipinski definition) is 5. The number of methoxy groups -OCH3 is 2. The molecular formula is C20H31IN4O2S. The van der Waals surface area contributed by atoms with Gasteiger partial charge in [-0.2, -0.15) is 0 Å². The van der Waals surface area contributed by atoms with Gasteiger partial charge in [0, 0.05) is 31.4 Å². The lowest BCUT2D eigenvalue weighted by Gasteiger charge is -2.11. The molecule has 8 heteroatoms. The Labute approximate surface area is 189 Å². The quantitative estimate of drug-likeness (QED) is 0.217. The fraction of sp³-hybridized carbons (Fsp3) is 0.500. The molecular weight excluding hydrogens is 487 g/mol. The molecule has 0 radical (unpaired) electrons. The van der Waals surface area contributed by atoms with Gasteiger partial charge in [-0.3, -0.25) is 4.99 Å². The number of nitrogens with one attached hydrogen (secondary N) is 2. The van der Waals surface area contributed by atoms with Crippen molar-refractivity contribution >= 4 is 41.3 Å². The van der Waals surface area contributed by atoms with E-state index in [1.807, 2.05) is 19.1 Å². The van der Waals surface area contributed by atoms with E-state index in [9.17, 15) is 0 Å². The number of aliphatic imine (C=N–C) groups is 1.